The van der Waals surface area contributed by atoms with E-state index >= 15 is 0 Å². The van der Waals surface area contributed by atoms with Gasteiger partial charge in [0.1, 0.15) is 11.6 Å². The van der Waals surface area contributed by atoms with E-state index in [9.17, 15) is 0 Å². The van der Waals surface area contributed by atoms with Gasteiger partial charge >= 0.3 is 0 Å². The number of nitrogens with zero attached hydrogens (tertiary/aromatic N) is 5. The van der Waals surface area contributed by atoms with E-state index < -0.39 is 0 Å². The second-order valence-electron chi connectivity index (χ2n) is 7.20. The van der Waals surface area contributed by atoms with Crippen LogP contribution in [0.1, 0.15) is 57.2 Å². The second-order valence-corrected chi connectivity index (χ2v) is 7.20. The van der Waals surface area contributed by atoms with Gasteiger partial charge in [0.2, 0.25) is 0 Å². The minimum Gasteiger partial charge on any atom is -0.368 e. The Kier molecular flexibility index (Phi) is 5.33. The molecule has 1 fully saturated rings. The van der Waals surface area contributed by atoms with Gasteiger partial charge < -0.3 is 10.2 Å². The minimum atomic E-state index is 0.505. The number of likely N-dealkylation sites (N-methyl/N-ethyl adjacent to an activating group) is 1. The fraction of sp³-hybridized carbons (Fsp3) is 0.722. The predicted molar refractivity (Wildman–Crippen MR) is 98.4 cm³/mol. The van der Waals surface area contributed by atoms with Gasteiger partial charge in [0.25, 0.3) is 0 Å². The Morgan fingerprint density at radius 2 is 2.04 bits per heavy atom. The number of anilines is 1. The van der Waals surface area contributed by atoms with Crippen molar-refractivity contribution in [3.63, 3.8) is 0 Å². The van der Waals surface area contributed by atoms with Crippen molar-refractivity contribution in [3.05, 3.63) is 12.0 Å². The molecule has 0 unspecified atom stereocenters. The van der Waals surface area contributed by atoms with E-state index in [2.05, 4.69) is 36.3 Å². The van der Waals surface area contributed by atoms with Crippen molar-refractivity contribution in [3.8, 4) is 0 Å². The largest absolute Gasteiger partial charge is 0.368 e. The maximum atomic E-state index is 4.89. The molecule has 0 radical (unpaired) electrons. The molecule has 2 aromatic heterocycles. The quantitative estimate of drug-likeness (QED) is 0.845. The molecule has 0 bridgehead atoms. The van der Waals surface area contributed by atoms with Crippen LogP contribution in [0.5, 0.6) is 0 Å². The lowest BCUT2D eigenvalue weighted by atomic mass is 10.1. The zero-order chi connectivity index (χ0) is 17.1. The molecule has 24 heavy (non-hydrogen) atoms. The molecule has 2 aromatic rings. The summed E-state index contributed by atoms with van der Waals surface area (Å²) in [6.45, 7) is 3.13. The Balaban J connectivity index is 1.87. The van der Waals surface area contributed by atoms with Gasteiger partial charge in [0.05, 0.1) is 11.6 Å². The molecular weight excluding hydrogens is 300 g/mol. The van der Waals surface area contributed by atoms with Crippen molar-refractivity contribution in [2.45, 2.75) is 57.4 Å². The van der Waals surface area contributed by atoms with E-state index in [-0.39, 0.29) is 0 Å². The summed E-state index contributed by atoms with van der Waals surface area (Å²) < 4.78 is 1.86. The Morgan fingerprint density at radius 1 is 1.29 bits per heavy atom. The van der Waals surface area contributed by atoms with Crippen molar-refractivity contribution in [1.82, 2.24) is 24.6 Å². The van der Waals surface area contributed by atoms with Crippen LogP contribution in [0.3, 0.4) is 0 Å². The highest BCUT2D eigenvalue weighted by atomic mass is 15.3. The summed E-state index contributed by atoms with van der Waals surface area (Å²) in [5.74, 6) is 2.44. The van der Waals surface area contributed by atoms with Crippen LogP contribution in [0.4, 0.5) is 5.82 Å². The summed E-state index contributed by atoms with van der Waals surface area (Å²) in [6.07, 6.45) is 9.23. The molecule has 0 aliphatic heterocycles. The highest BCUT2D eigenvalue weighted by Gasteiger charge is 2.22. The molecule has 2 heterocycles. The standard InChI is InChI=1S/C18H30N6/c1-5-8-14(23(2)3)11-19-17-15-12-20-24(4)18(15)22-16(21-17)13-9-6-7-10-13/h12-14H,5-11H2,1-4H3,(H,19,21,22)/t14-/m1/s1. The third-order valence-corrected chi connectivity index (χ3v) is 5.19. The van der Waals surface area contributed by atoms with Crippen molar-refractivity contribution in [1.29, 1.82) is 0 Å². The number of fused-ring (bicyclic) bond motifs is 1. The number of hydrogen-bond donors (Lipinski definition) is 1. The Labute approximate surface area is 144 Å². The van der Waals surface area contributed by atoms with Crippen molar-refractivity contribution < 1.29 is 0 Å². The van der Waals surface area contributed by atoms with Crippen molar-refractivity contribution in [2.24, 2.45) is 7.05 Å². The molecule has 1 N–H and O–H groups in total. The molecule has 132 valence electrons. The van der Waals surface area contributed by atoms with Crippen LogP contribution < -0.4 is 5.32 Å². The van der Waals surface area contributed by atoms with E-state index in [4.69, 9.17) is 9.97 Å². The van der Waals surface area contributed by atoms with Crippen LogP contribution in [0.25, 0.3) is 11.0 Å². The van der Waals surface area contributed by atoms with Crippen molar-refractivity contribution >= 4 is 16.9 Å². The molecule has 0 amide bonds. The molecule has 1 atom stereocenters. The smallest absolute Gasteiger partial charge is 0.163 e. The lowest BCUT2D eigenvalue weighted by Gasteiger charge is -2.24. The first kappa shape index (κ1) is 17.1. The molecule has 1 aliphatic carbocycles. The minimum absolute atomic E-state index is 0.505. The summed E-state index contributed by atoms with van der Waals surface area (Å²) in [4.78, 5) is 12.0. The average molecular weight is 330 g/mol. The maximum absolute atomic E-state index is 4.89. The molecular formula is C18H30N6. The average Bonchev–Trinajstić information content (AvgIpc) is 3.21. The number of aryl methyl sites for hydroxylation is 1. The molecule has 6 heteroatoms. The van der Waals surface area contributed by atoms with Gasteiger partial charge in [-0.25, -0.2) is 9.97 Å². The zero-order valence-electron chi connectivity index (χ0n) is 15.4. The highest BCUT2D eigenvalue weighted by molar-refractivity contribution is 5.86. The van der Waals surface area contributed by atoms with E-state index in [0.29, 0.717) is 12.0 Å². The van der Waals surface area contributed by atoms with E-state index in [0.717, 1.165) is 29.2 Å². The van der Waals surface area contributed by atoms with Crippen LogP contribution in [-0.4, -0.2) is 51.3 Å². The predicted octanol–water partition coefficient (Wildman–Crippen LogP) is 3.16. The van der Waals surface area contributed by atoms with Gasteiger partial charge in [0, 0.05) is 25.6 Å². The van der Waals surface area contributed by atoms with Gasteiger partial charge in [-0.3, -0.25) is 4.68 Å². The number of nitrogens with one attached hydrogen (secondary N) is 1. The molecule has 1 saturated carbocycles. The lowest BCUT2D eigenvalue weighted by molar-refractivity contribution is 0.288. The number of hydrogen-bond acceptors (Lipinski definition) is 5. The van der Waals surface area contributed by atoms with Crippen LogP contribution in [0.2, 0.25) is 0 Å². The third kappa shape index (κ3) is 3.53. The second kappa shape index (κ2) is 7.47. The molecule has 0 aromatic carbocycles. The molecule has 1 aliphatic rings. The molecule has 0 saturated heterocycles. The summed E-state index contributed by atoms with van der Waals surface area (Å²) in [7, 11) is 6.24. The van der Waals surface area contributed by atoms with Crippen LogP contribution >= 0.6 is 0 Å². The molecule has 6 nitrogen and oxygen atoms in total. The number of aromatic nitrogens is 4. The van der Waals surface area contributed by atoms with Crippen molar-refractivity contribution in [2.75, 3.05) is 26.0 Å². The van der Waals surface area contributed by atoms with Gasteiger partial charge in [0.15, 0.2) is 5.65 Å². The topological polar surface area (TPSA) is 58.9 Å². The lowest BCUT2D eigenvalue weighted by Crippen LogP contribution is -2.34. The van der Waals surface area contributed by atoms with Gasteiger partial charge in [-0.05, 0) is 33.4 Å². The zero-order valence-corrected chi connectivity index (χ0v) is 15.4. The first-order valence-corrected chi connectivity index (χ1v) is 9.20. The summed E-state index contributed by atoms with van der Waals surface area (Å²) in [6, 6.07) is 0.506. The fourth-order valence-corrected chi connectivity index (χ4v) is 3.63. The Morgan fingerprint density at radius 3 is 2.71 bits per heavy atom. The summed E-state index contributed by atoms with van der Waals surface area (Å²) in [5.41, 5.74) is 0.936. The highest BCUT2D eigenvalue weighted by Crippen LogP contribution is 2.34. The summed E-state index contributed by atoms with van der Waals surface area (Å²) in [5, 5.41) is 8.99. The van der Waals surface area contributed by atoms with Gasteiger partial charge in [-0.2, -0.15) is 5.10 Å². The normalized spacial score (nSPS) is 17.0. The van der Waals surface area contributed by atoms with Gasteiger partial charge in [-0.1, -0.05) is 26.2 Å². The van der Waals surface area contributed by atoms with E-state index in [1.807, 2.05) is 17.9 Å². The van der Waals surface area contributed by atoms with Crippen LogP contribution in [0, 0.1) is 0 Å². The molecule has 3 rings (SSSR count). The fourth-order valence-electron chi connectivity index (χ4n) is 3.63. The molecule has 0 spiro atoms. The Bertz CT molecular complexity index is 671. The maximum Gasteiger partial charge on any atom is 0.163 e. The first-order chi connectivity index (χ1) is 11.6. The Hall–Kier alpha value is -1.69. The van der Waals surface area contributed by atoms with Crippen LogP contribution in [-0.2, 0) is 7.05 Å². The monoisotopic (exact) mass is 330 g/mol. The van der Waals surface area contributed by atoms with E-state index in [1.54, 1.807) is 0 Å². The van der Waals surface area contributed by atoms with E-state index in [1.165, 1.54) is 38.5 Å². The number of rotatable bonds is 7. The first-order valence-electron chi connectivity index (χ1n) is 9.20. The van der Waals surface area contributed by atoms with Gasteiger partial charge in [-0.15, -0.1) is 0 Å². The SMILES string of the molecule is CCC[C@H](CNc1nc(C2CCCC2)nc2c1cnn2C)N(C)C. The van der Waals surface area contributed by atoms with Crippen LogP contribution in [0.15, 0.2) is 6.20 Å². The summed E-state index contributed by atoms with van der Waals surface area (Å²) >= 11 is 0. The third-order valence-electron chi connectivity index (χ3n) is 5.19.